The minimum Gasteiger partial charge on any atom is -0.367 e. The quantitative estimate of drug-likeness (QED) is 0.307. The summed E-state index contributed by atoms with van der Waals surface area (Å²) in [4.78, 5) is 8.05. The van der Waals surface area contributed by atoms with Gasteiger partial charge in [-0.2, -0.15) is 4.79 Å². The maximum atomic E-state index is 9.69. The van der Waals surface area contributed by atoms with Crippen LogP contribution in [0.15, 0.2) is 23.5 Å². The summed E-state index contributed by atoms with van der Waals surface area (Å²) in [5.41, 5.74) is 12.3. The Balaban J connectivity index is 1.57. The van der Waals surface area contributed by atoms with Crippen molar-refractivity contribution in [2.75, 3.05) is 52.6 Å². The van der Waals surface area contributed by atoms with Crippen LogP contribution in [0, 0.1) is 0 Å². The molecular formula is C22H36N4O4. The average Bonchev–Trinajstić information content (AvgIpc) is 2.79. The second-order valence-electron chi connectivity index (χ2n) is 7.86. The van der Waals surface area contributed by atoms with E-state index in [1.54, 1.807) is 0 Å². The van der Waals surface area contributed by atoms with E-state index in [-0.39, 0.29) is 12.6 Å². The standard InChI is InChI=1S/C22H36N4O4/c1-3-5-11-27-21-16-25(9-13-29-21)18-7-8-20(19(15-18)24-23)26-10-14-30-22(17-26)28-12-6-4-2/h8,15,21-22H,3-7,9-14,16-17H2,1-2H3. The van der Waals surface area contributed by atoms with Crippen LogP contribution in [-0.4, -0.2) is 85.5 Å². The highest BCUT2D eigenvalue weighted by Gasteiger charge is 2.31. The number of rotatable bonds is 10. The summed E-state index contributed by atoms with van der Waals surface area (Å²) in [6.45, 7) is 9.87. The Bertz CT molecular complexity index is 660. The first-order valence-corrected chi connectivity index (χ1v) is 11.3. The van der Waals surface area contributed by atoms with Gasteiger partial charge in [0, 0.05) is 44.5 Å². The van der Waals surface area contributed by atoms with Gasteiger partial charge in [0.15, 0.2) is 12.6 Å². The normalized spacial score (nSPS) is 25.1. The van der Waals surface area contributed by atoms with Crippen LogP contribution in [0.4, 0.5) is 0 Å². The van der Waals surface area contributed by atoms with Gasteiger partial charge in [-0.25, -0.2) is 0 Å². The van der Waals surface area contributed by atoms with Crippen molar-refractivity contribution in [1.82, 2.24) is 9.80 Å². The van der Waals surface area contributed by atoms with Crippen LogP contribution in [0.25, 0.3) is 5.53 Å². The highest BCUT2D eigenvalue weighted by atomic mass is 16.7. The molecule has 0 radical (unpaired) electrons. The summed E-state index contributed by atoms with van der Waals surface area (Å²) in [6.07, 6.45) is 8.74. The number of allylic oxidation sites excluding steroid dienone is 2. The van der Waals surface area contributed by atoms with Crippen molar-refractivity contribution in [2.24, 2.45) is 0 Å². The molecule has 8 heteroatoms. The molecule has 1 aliphatic carbocycles. The van der Waals surface area contributed by atoms with Crippen molar-refractivity contribution in [3.05, 3.63) is 29.1 Å². The van der Waals surface area contributed by atoms with Crippen LogP contribution < -0.4 is 0 Å². The van der Waals surface area contributed by atoms with Gasteiger partial charge >= 0.3 is 5.71 Å². The van der Waals surface area contributed by atoms with E-state index in [4.69, 9.17) is 18.9 Å². The van der Waals surface area contributed by atoms with E-state index in [2.05, 4.69) is 34.5 Å². The smallest absolute Gasteiger partial charge is 0.339 e. The molecule has 3 aliphatic rings. The van der Waals surface area contributed by atoms with E-state index in [0.717, 1.165) is 63.2 Å². The van der Waals surface area contributed by atoms with Gasteiger partial charge in [0.05, 0.1) is 26.3 Å². The van der Waals surface area contributed by atoms with Gasteiger partial charge in [0.25, 0.3) is 0 Å². The molecule has 0 aromatic rings. The third kappa shape index (κ3) is 6.40. The van der Waals surface area contributed by atoms with E-state index < -0.39 is 0 Å². The Morgan fingerprint density at radius 1 is 1.00 bits per heavy atom. The number of hydrogen-bond donors (Lipinski definition) is 0. The molecule has 2 aliphatic heterocycles. The van der Waals surface area contributed by atoms with Gasteiger partial charge in [-0.15, -0.1) is 0 Å². The van der Waals surface area contributed by atoms with E-state index in [1.165, 1.54) is 0 Å². The minimum absolute atomic E-state index is 0.202. The van der Waals surface area contributed by atoms with Gasteiger partial charge in [0.2, 0.25) is 0 Å². The molecule has 0 N–H and O–H groups in total. The number of ether oxygens (including phenoxy) is 4. The molecule has 2 fully saturated rings. The molecule has 2 saturated heterocycles. The summed E-state index contributed by atoms with van der Waals surface area (Å²) in [5, 5.41) is 0. The number of hydrogen-bond acceptors (Lipinski definition) is 6. The zero-order valence-electron chi connectivity index (χ0n) is 18.4. The van der Waals surface area contributed by atoms with Gasteiger partial charge in [-0.1, -0.05) is 26.7 Å². The van der Waals surface area contributed by atoms with Crippen LogP contribution in [0.3, 0.4) is 0 Å². The Morgan fingerprint density at radius 3 is 2.20 bits per heavy atom. The third-order valence-corrected chi connectivity index (χ3v) is 5.60. The van der Waals surface area contributed by atoms with E-state index in [1.807, 2.05) is 6.08 Å². The molecular weight excluding hydrogens is 384 g/mol. The number of morpholine rings is 2. The van der Waals surface area contributed by atoms with Crippen LogP contribution in [-0.2, 0) is 18.9 Å². The molecule has 0 aromatic carbocycles. The molecule has 0 amide bonds. The Labute approximate surface area is 180 Å². The van der Waals surface area contributed by atoms with Crippen LogP contribution in [0.5, 0.6) is 0 Å². The Morgan fingerprint density at radius 2 is 1.60 bits per heavy atom. The van der Waals surface area contributed by atoms with Crippen molar-refractivity contribution < 1.29 is 23.7 Å². The summed E-state index contributed by atoms with van der Waals surface area (Å²) < 4.78 is 23.2. The van der Waals surface area contributed by atoms with Gasteiger partial charge in [0.1, 0.15) is 5.70 Å². The van der Waals surface area contributed by atoms with Crippen molar-refractivity contribution in [3.63, 3.8) is 0 Å². The van der Waals surface area contributed by atoms with Crippen LogP contribution in [0.2, 0.25) is 0 Å². The maximum Gasteiger partial charge on any atom is 0.339 e. The van der Waals surface area contributed by atoms with E-state index >= 15 is 0 Å². The molecule has 2 unspecified atom stereocenters. The largest absolute Gasteiger partial charge is 0.367 e. The lowest BCUT2D eigenvalue weighted by molar-refractivity contribution is -0.175. The fourth-order valence-corrected chi connectivity index (χ4v) is 3.82. The van der Waals surface area contributed by atoms with Gasteiger partial charge < -0.3 is 34.3 Å². The summed E-state index contributed by atoms with van der Waals surface area (Å²) >= 11 is 0. The molecule has 2 atom stereocenters. The number of nitrogens with zero attached hydrogens (tertiary/aromatic N) is 4. The van der Waals surface area contributed by atoms with Crippen LogP contribution >= 0.6 is 0 Å². The fourth-order valence-electron chi connectivity index (χ4n) is 3.82. The second-order valence-corrected chi connectivity index (χ2v) is 7.86. The minimum atomic E-state index is -0.239. The lowest BCUT2D eigenvalue weighted by Crippen LogP contribution is -2.46. The first kappa shape index (κ1) is 23.0. The summed E-state index contributed by atoms with van der Waals surface area (Å²) in [7, 11) is 0. The highest BCUT2D eigenvalue weighted by Crippen LogP contribution is 2.24. The van der Waals surface area contributed by atoms with Crippen LogP contribution in [0.1, 0.15) is 46.0 Å². The van der Waals surface area contributed by atoms with Crippen molar-refractivity contribution in [1.29, 1.82) is 0 Å². The molecule has 0 saturated carbocycles. The highest BCUT2D eigenvalue weighted by molar-refractivity contribution is 6.05. The Hall–Kier alpha value is -1.70. The third-order valence-electron chi connectivity index (χ3n) is 5.60. The average molecular weight is 421 g/mol. The predicted octanol–water partition coefficient (Wildman–Crippen LogP) is 2.78. The Kier molecular flexibility index (Phi) is 9.36. The van der Waals surface area contributed by atoms with Crippen molar-refractivity contribution >= 4 is 5.71 Å². The van der Waals surface area contributed by atoms with Crippen molar-refractivity contribution in [2.45, 2.75) is 58.5 Å². The van der Waals surface area contributed by atoms with Crippen molar-refractivity contribution in [3.8, 4) is 0 Å². The first-order valence-electron chi connectivity index (χ1n) is 11.3. The summed E-state index contributed by atoms with van der Waals surface area (Å²) in [5.74, 6) is 0. The number of unbranched alkanes of at least 4 members (excludes halogenated alkanes) is 2. The molecule has 0 spiro atoms. The monoisotopic (exact) mass is 420 g/mol. The summed E-state index contributed by atoms with van der Waals surface area (Å²) in [6, 6.07) is 0. The predicted molar refractivity (Wildman–Crippen MR) is 114 cm³/mol. The second kappa shape index (κ2) is 12.2. The first-order chi connectivity index (χ1) is 14.7. The SMILES string of the molecule is CCCCOC1CN(C2=CC(=[N+]=[N-])C(N3CCOC(OCCCC)C3)=CC2)CCO1. The topological polar surface area (TPSA) is 79.8 Å². The lowest BCUT2D eigenvalue weighted by atomic mass is 10.0. The van der Waals surface area contributed by atoms with E-state index in [0.29, 0.717) is 38.6 Å². The van der Waals surface area contributed by atoms with Gasteiger partial charge in [-0.05, 0) is 18.9 Å². The lowest BCUT2D eigenvalue weighted by Gasteiger charge is -2.37. The zero-order valence-corrected chi connectivity index (χ0v) is 18.4. The molecule has 168 valence electrons. The molecule has 0 aromatic heterocycles. The molecule has 8 nitrogen and oxygen atoms in total. The molecule has 2 heterocycles. The molecule has 0 bridgehead atoms. The van der Waals surface area contributed by atoms with E-state index in [9.17, 15) is 5.53 Å². The molecule has 30 heavy (non-hydrogen) atoms. The maximum absolute atomic E-state index is 9.69. The zero-order chi connectivity index (χ0) is 21.2. The fraction of sp³-hybridized carbons (Fsp3) is 0.773. The molecule has 3 rings (SSSR count). The van der Waals surface area contributed by atoms with Gasteiger partial charge in [-0.3, -0.25) is 0 Å².